The van der Waals surface area contributed by atoms with E-state index in [0.717, 1.165) is 21.7 Å². The van der Waals surface area contributed by atoms with E-state index < -0.39 is 0 Å². The van der Waals surface area contributed by atoms with Crippen LogP contribution in [0.5, 0.6) is 0 Å². The molecule has 0 aliphatic carbocycles. The molecule has 0 unspecified atom stereocenters. The van der Waals surface area contributed by atoms with Crippen molar-refractivity contribution in [3.8, 4) is 0 Å². The van der Waals surface area contributed by atoms with Gasteiger partial charge in [-0.2, -0.15) is 4.98 Å². The number of benzene rings is 1. The summed E-state index contributed by atoms with van der Waals surface area (Å²) >= 11 is 7.71. The molecule has 5 heteroatoms. The molecule has 2 aromatic heterocycles. The summed E-state index contributed by atoms with van der Waals surface area (Å²) in [6, 6.07) is 6.35. The van der Waals surface area contributed by atoms with Gasteiger partial charge < -0.3 is 5.32 Å². The van der Waals surface area contributed by atoms with Gasteiger partial charge in [-0.25, -0.2) is 4.98 Å². The van der Waals surface area contributed by atoms with Crippen molar-refractivity contribution in [2.75, 3.05) is 5.32 Å². The minimum absolute atomic E-state index is 0.274. The first-order chi connectivity index (χ1) is 9.94. The highest BCUT2D eigenvalue weighted by molar-refractivity contribution is 7.18. The van der Waals surface area contributed by atoms with Crippen LogP contribution in [0.3, 0.4) is 0 Å². The minimum Gasteiger partial charge on any atom is -0.340 e. The Labute approximate surface area is 133 Å². The quantitative estimate of drug-likeness (QED) is 0.650. The SMILES string of the molecule is Cc1cc(C)cc(Nc2nc(Cl)nc3sc(C)c(C)c23)c1. The maximum Gasteiger partial charge on any atom is 0.225 e. The minimum atomic E-state index is 0.274. The smallest absolute Gasteiger partial charge is 0.225 e. The molecular formula is C16H16ClN3S. The lowest BCUT2D eigenvalue weighted by molar-refractivity contribution is 1.22. The zero-order valence-electron chi connectivity index (χ0n) is 12.4. The molecule has 0 amide bonds. The van der Waals surface area contributed by atoms with Crippen molar-refractivity contribution in [1.29, 1.82) is 0 Å². The standard InChI is InChI=1S/C16H16ClN3S/c1-8-5-9(2)7-12(6-8)18-14-13-10(3)11(4)21-15(13)20-16(17)19-14/h5-7H,1-4H3,(H,18,19,20). The molecule has 0 aliphatic rings. The lowest BCUT2D eigenvalue weighted by atomic mass is 10.1. The van der Waals surface area contributed by atoms with Gasteiger partial charge in [0.15, 0.2) is 0 Å². The topological polar surface area (TPSA) is 37.8 Å². The zero-order chi connectivity index (χ0) is 15.1. The van der Waals surface area contributed by atoms with Gasteiger partial charge in [-0.15, -0.1) is 11.3 Å². The number of hydrogen-bond donors (Lipinski definition) is 1. The van der Waals surface area contributed by atoms with Gasteiger partial charge in [-0.05, 0) is 68.1 Å². The van der Waals surface area contributed by atoms with Gasteiger partial charge in [-0.3, -0.25) is 0 Å². The molecule has 1 aromatic carbocycles. The number of aryl methyl sites for hydroxylation is 4. The third kappa shape index (κ3) is 2.74. The van der Waals surface area contributed by atoms with Crippen molar-refractivity contribution in [2.45, 2.75) is 27.7 Å². The van der Waals surface area contributed by atoms with E-state index in [-0.39, 0.29) is 5.28 Å². The Kier molecular flexibility index (Phi) is 3.59. The highest BCUT2D eigenvalue weighted by atomic mass is 35.5. The number of rotatable bonds is 2. The van der Waals surface area contributed by atoms with Gasteiger partial charge in [0.05, 0.1) is 5.39 Å². The average Bonchev–Trinajstić information content (AvgIpc) is 2.63. The fourth-order valence-corrected chi connectivity index (χ4v) is 3.75. The average molecular weight is 318 g/mol. The summed E-state index contributed by atoms with van der Waals surface area (Å²) in [6.45, 7) is 8.36. The van der Waals surface area contributed by atoms with Gasteiger partial charge >= 0.3 is 0 Å². The third-order valence-electron chi connectivity index (χ3n) is 3.49. The van der Waals surface area contributed by atoms with Gasteiger partial charge in [0, 0.05) is 10.6 Å². The first kappa shape index (κ1) is 14.3. The van der Waals surface area contributed by atoms with Crippen LogP contribution in [0.2, 0.25) is 5.28 Å². The molecule has 0 bridgehead atoms. The van der Waals surface area contributed by atoms with Gasteiger partial charge in [0.2, 0.25) is 5.28 Å². The molecule has 0 saturated carbocycles. The van der Waals surface area contributed by atoms with Crippen molar-refractivity contribution < 1.29 is 0 Å². The van der Waals surface area contributed by atoms with E-state index in [1.165, 1.54) is 21.6 Å². The summed E-state index contributed by atoms with van der Waals surface area (Å²) in [7, 11) is 0. The predicted octanol–water partition coefficient (Wildman–Crippen LogP) is 5.32. The second-order valence-electron chi connectivity index (χ2n) is 5.31. The van der Waals surface area contributed by atoms with E-state index in [2.05, 4.69) is 61.2 Å². The fourth-order valence-electron chi connectivity index (χ4n) is 2.50. The maximum atomic E-state index is 6.06. The molecule has 0 atom stereocenters. The van der Waals surface area contributed by atoms with Gasteiger partial charge in [0.1, 0.15) is 10.6 Å². The van der Waals surface area contributed by atoms with Crippen molar-refractivity contribution in [2.24, 2.45) is 0 Å². The van der Waals surface area contributed by atoms with Crippen molar-refractivity contribution >= 4 is 44.7 Å². The van der Waals surface area contributed by atoms with Crippen molar-refractivity contribution in [1.82, 2.24) is 9.97 Å². The fraction of sp³-hybridized carbons (Fsp3) is 0.250. The van der Waals surface area contributed by atoms with Crippen LogP contribution < -0.4 is 5.32 Å². The first-order valence-corrected chi connectivity index (χ1v) is 7.92. The maximum absolute atomic E-state index is 6.06. The van der Waals surface area contributed by atoms with Crippen LogP contribution in [-0.4, -0.2) is 9.97 Å². The molecule has 0 radical (unpaired) electrons. The lowest BCUT2D eigenvalue weighted by Gasteiger charge is -2.10. The second-order valence-corrected chi connectivity index (χ2v) is 6.85. The Morgan fingerprint density at radius 2 is 1.67 bits per heavy atom. The number of aromatic nitrogens is 2. The predicted molar refractivity (Wildman–Crippen MR) is 91.1 cm³/mol. The summed E-state index contributed by atoms with van der Waals surface area (Å²) in [5.41, 5.74) is 4.66. The van der Waals surface area contributed by atoms with Gasteiger partial charge in [-0.1, -0.05) is 6.07 Å². The Hall–Kier alpha value is -1.65. The molecule has 3 aromatic rings. The summed E-state index contributed by atoms with van der Waals surface area (Å²) in [5, 5.41) is 4.72. The lowest BCUT2D eigenvalue weighted by Crippen LogP contribution is -1.97. The molecule has 0 aliphatic heterocycles. The van der Waals surface area contributed by atoms with Crippen LogP contribution in [0.4, 0.5) is 11.5 Å². The van der Waals surface area contributed by atoms with Crippen molar-refractivity contribution in [3.63, 3.8) is 0 Å². The number of thiophene rings is 1. The van der Waals surface area contributed by atoms with Crippen LogP contribution >= 0.6 is 22.9 Å². The Balaban J connectivity index is 2.15. The van der Waals surface area contributed by atoms with Crippen LogP contribution in [0, 0.1) is 27.7 Å². The summed E-state index contributed by atoms with van der Waals surface area (Å²) in [6.07, 6.45) is 0. The van der Waals surface area contributed by atoms with E-state index in [4.69, 9.17) is 11.6 Å². The number of fused-ring (bicyclic) bond motifs is 1. The molecule has 3 rings (SSSR count). The van der Waals surface area contributed by atoms with E-state index in [9.17, 15) is 0 Å². The van der Waals surface area contributed by atoms with E-state index in [1.54, 1.807) is 11.3 Å². The molecule has 0 spiro atoms. The number of hydrogen-bond acceptors (Lipinski definition) is 4. The summed E-state index contributed by atoms with van der Waals surface area (Å²) < 4.78 is 0. The number of anilines is 2. The van der Waals surface area contributed by atoms with Crippen LogP contribution in [0.25, 0.3) is 10.2 Å². The van der Waals surface area contributed by atoms with E-state index >= 15 is 0 Å². The monoisotopic (exact) mass is 317 g/mol. The third-order valence-corrected chi connectivity index (χ3v) is 4.76. The molecular weight excluding hydrogens is 302 g/mol. The van der Waals surface area contributed by atoms with E-state index in [0.29, 0.717) is 0 Å². The second kappa shape index (κ2) is 5.28. The van der Waals surface area contributed by atoms with E-state index in [1.807, 2.05) is 0 Å². The first-order valence-electron chi connectivity index (χ1n) is 6.72. The normalized spacial score (nSPS) is 11.1. The number of nitrogens with one attached hydrogen (secondary N) is 1. The molecule has 2 heterocycles. The van der Waals surface area contributed by atoms with Gasteiger partial charge in [0.25, 0.3) is 0 Å². The highest BCUT2D eigenvalue weighted by Gasteiger charge is 2.14. The number of halogens is 1. The highest BCUT2D eigenvalue weighted by Crippen LogP contribution is 2.35. The van der Waals surface area contributed by atoms with Crippen LogP contribution in [0.1, 0.15) is 21.6 Å². The molecule has 1 N–H and O–H groups in total. The summed E-state index contributed by atoms with van der Waals surface area (Å²) in [4.78, 5) is 10.9. The Morgan fingerprint density at radius 3 is 2.33 bits per heavy atom. The van der Waals surface area contributed by atoms with Crippen LogP contribution in [0.15, 0.2) is 18.2 Å². The van der Waals surface area contributed by atoms with Crippen LogP contribution in [-0.2, 0) is 0 Å². The molecule has 0 fully saturated rings. The molecule has 21 heavy (non-hydrogen) atoms. The summed E-state index contributed by atoms with van der Waals surface area (Å²) in [5.74, 6) is 0.775. The largest absolute Gasteiger partial charge is 0.340 e. The Bertz CT molecular complexity index is 819. The Morgan fingerprint density at radius 1 is 1.00 bits per heavy atom. The van der Waals surface area contributed by atoms with Crippen molar-refractivity contribution in [3.05, 3.63) is 45.1 Å². The number of nitrogens with zero attached hydrogens (tertiary/aromatic N) is 2. The molecule has 3 nitrogen and oxygen atoms in total. The molecule has 0 saturated heterocycles. The zero-order valence-corrected chi connectivity index (χ0v) is 14.0. The molecule has 108 valence electrons.